The molecule has 0 aromatic heterocycles. The molecule has 0 N–H and O–H groups in total. The van der Waals surface area contributed by atoms with Crippen LogP contribution in [0.4, 0.5) is 0 Å². The fraction of sp³-hybridized carbons (Fsp3) is 0.319. The van der Waals surface area contributed by atoms with Crippen LogP contribution in [0.5, 0.6) is 0 Å². The van der Waals surface area contributed by atoms with Crippen molar-refractivity contribution in [2.24, 2.45) is 28.6 Å². The van der Waals surface area contributed by atoms with Gasteiger partial charge in [0.25, 0.3) is 0 Å². The Morgan fingerprint density at radius 1 is 0.680 bits per heavy atom. The molecule has 1 aliphatic heterocycles. The molecule has 1 spiro atoms. The largest absolute Gasteiger partial charge is 0.458 e. The Hall–Kier alpha value is -6.74. The van der Waals surface area contributed by atoms with Gasteiger partial charge in [-0.05, 0) is 166 Å². The van der Waals surface area contributed by atoms with Crippen molar-refractivity contribution >= 4 is 11.8 Å². The molecular weight excluding hydrogens is 613 g/mol. The number of fused-ring (bicyclic) bond motifs is 6. The number of carbonyl (C=O) groups excluding carboxylic acids is 2. The minimum atomic E-state index is -0.692. The first-order chi connectivity index (χ1) is 24.2. The summed E-state index contributed by atoms with van der Waals surface area (Å²) in [7, 11) is 0. The van der Waals surface area contributed by atoms with E-state index in [4.69, 9.17) is 4.74 Å². The van der Waals surface area contributed by atoms with Gasteiger partial charge in [0.15, 0.2) is 5.78 Å². The summed E-state index contributed by atoms with van der Waals surface area (Å²) in [6.45, 7) is 15.0. The Kier molecular flexibility index (Phi) is 10.4. The second-order valence-corrected chi connectivity index (χ2v) is 12.9. The molecular formula is C47H30O3. The summed E-state index contributed by atoms with van der Waals surface area (Å²) in [4.78, 5) is 25.7. The monoisotopic (exact) mass is 642 g/mol. The third-order valence-electron chi connectivity index (χ3n) is 10.6. The van der Waals surface area contributed by atoms with Crippen molar-refractivity contribution < 1.29 is 14.3 Å². The van der Waals surface area contributed by atoms with Gasteiger partial charge in [0.05, 0.1) is 0 Å². The van der Waals surface area contributed by atoms with Crippen LogP contribution in [0.2, 0.25) is 0 Å². The molecule has 6 atom stereocenters. The maximum Gasteiger partial charge on any atom is 0.306 e. The first-order valence-corrected chi connectivity index (χ1v) is 16.2. The van der Waals surface area contributed by atoms with E-state index in [-0.39, 0.29) is 34.9 Å². The Bertz CT molecular complexity index is 2570. The molecule has 3 nitrogen and oxygen atoms in total. The van der Waals surface area contributed by atoms with Gasteiger partial charge in [0.1, 0.15) is 5.60 Å². The quantitative estimate of drug-likeness (QED) is 0.197. The molecule has 50 heavy (non-hydrogen) atoms. The van der Waals surface area contributed by atoms with Crippen LogP contribution in [-0.4, -0.2) is 17.4 Å². The molecule has 4 fully saturated rings. The van der Waals surface area contributed by atoms with Crippen LogP contribution in [0.1, 0.15) is 58.8 Å². The van der Waals surface area contributed by atoms with Gasteiger partial charge in [-0.15, -0.1) is 0 Å². The van der Waals surface area contributed by atoms with E-state index in [0.717, 1.165) is 29.6 Å². The molecule has 3 saturated carbocycles. The summed E-state index contributed by atoms with van der Waals surface area (Å²) in [5.41, 5.74) is 63.0. The zero-order valence-corrected chi connectivity index (χ0v) is 28.1. The molecule has 1 heterocycles. The summed E-state index contributed by atoms with van der Waals surface area (Å²) in [5, 5.41) is 0. The summed E-state index contributed by atoms with van der Waals surface area (Å²) in [6.07, 6.45) is 6.08. The van der Waals surface area contributed by atoms with E-state index in [2.05, 4.69) is 160 Å². The number of ketones is 1. The number of carbonyl (C=O) groups is 2. The van der Waals surface area contributed by atoms with Crippen molar-refractivity contribution in [2.45, 2.75) is 64.4 Å². The lowest BCUT2D eigenvalue weighted by molar-refractivity contribution is -0.165. The fourth-order valence-electron chi connectivity index (χ4n) is 8.51. The molecule has 3 heteroatoms. The van der Waals surface area contributed by atoms with E-state index in [1.165, 1.54) is 0 Å². The van der Waals surface area contributed by atoms with Crippen LogP contribution in [0.3, 0.4) is 0 Å². The predicted molar refractivity (Wildman–Crippen MR) is 186 cm³/mol. The normalized spacial score (nSPS) is 28.4. The van der Waals surface area contributed by atoms with Gasteiger partial charge in [-0.3, -0.25) is 9.59 Å². The van der Waals surface area contributed by atoms with Crippen LogP contribution in [-0.2, 0) is 14.3 Å². The van der Waals surface area contributed by atoms with Crippen LogP contribution in [0.25, 0.3) is 0 Å². The molecule has 236 valence electrons. The Morgan fingerprint density at radius 2 is 1.24 bits per heavy atom. The molecule has 1 saturated heterocycles. The molecule has 5 aliphatic rings. The van der Waals surface area contributed by atoms with Crippen molar-refractivity contribution in [1.82, 2.24) is 0 Å². The SMILES string of the molecule is C=C=C=C=C=C=C=C=C=C=C=C=C=C=C1CC2(CCC(=O)O2)[C@]2(C)CCC3C(C(=C=C=C=C=C=C)C(=C=C=C=C=C)C4=CC(=O)CCC43C)[C@H]12. The Labute approximate surface area is 292 Å². The van der Waals surface area contributed by atoms with Crippen LogP contribution in [0.15, 0.2) is 174 Å². The van der Waals surface area contributed by atoms with E-state index in [1.54, 1.807) is 6.08 Å². The topological polar surface area (TPSA) is 43.4 Å². The minimum absolute atomic E-state index is 0.0699. The highest BCUT2D eigenvalue weighted by molar-refractivity contribution is 5.93. The highest BCUT2D eigenvalue weighted by Gasteiger charge is 2.70. The Balaban J connectivity index is 1.87. The van der Waals surface area contributed by atoms with Gasteiger partial charge in [0, 0.05) is 47.7 Å². The van der Waals surface area contributed by atoms with E-state index >= 15 is 0 Å². The van der Waals surface area contributed by atoms with Gasteiger partial charge in [0.2, 0.25) is 0 Å². The summed E-state index contributed by atoms with van der Waals surface area (Å²) < 4.78 is 6.28. The molecule has 5 rings (SSSR count). The van der Waals surface area contributed by atoms with Gasteiger partial charge in [-0.25, -0.2) is 0 Å². The highest BCUT2D eigenvalue weighted by Crippen LogP contribution is 2.72. The van der Waals surface area contributed by atoms with E-state index in [9.17, 15) is 9.59 Å². The second-order valence-electron chi connectivity index (χ2n) is 12.9. The van der Waals surface area contributed by atoms with E-state index in [0.29, 0.717) is 37.7 Å². The standard InChI is InChI=1S/C47H30O3/c1-6-9-12-14-15-16-17-18-19-20-21-23-25-36-35-47(33-30-42(49)50-47)46(5)32-29-40-43(44(36)46)39(27-24-13-10-7-2)38(26-22-11-8-3)41-34-37(48)28-31-45(40,41)4/h34,40,43-44H,1-3,28-33,35H2,4-5H3/t40?,43?,44-,45?,46+,47?/m0/s1. The summed E-state index contributed by atoms with van der Waals surface area (Å²) in [6, 6.07) is 0. The van der Waals surface area contributed by atoms with Crippen LogP contribution >= 0.6 is 0 Å². The maximum atomic E-state index is 12.9. The van der Waals surface area contributed by atoms with Crippen molar-refractivity contribution in [3.8, 4) is 0 Å². The van der Waals surface area contributed by atoms with Crippen LogP contribution in [0, 0.1) is 28.6 Å². The first kappa shape index (κ1) is 34.6. The molecule has 0 amide bonds. The number of hydrogen-bond acceptors (Lipinski definition) is 3. The third-order valence-corrected chi connectivity index (χ3v) is 10.6. The lowest BCUT2D eigenvalue weighted by atomic mass is 9.44. The lowest BCUT2D eigenvalue weighted by Crippen LogP contribution is -2.55. The third kappa shape index (κ3) is 6.52. The van der Waals surface area contributed by atoms with E-state index in [1.807, 2.05) is 0 Å². The number of esters is 1. The van der Waals surface area contributed by atoms with Gasteiger partial charge in [-0.2, -0.15) is 0 Å². The zero-order valence-electron chi connectivity index (χ0n) is 28.1. The average molecular weight is 643 g/mol. The van der Waals surface area contributed by atoms with Gasteiger partial charge in [-0.1, -0.05) is 48.2 Å². The zero-order chi connectivity index (χ0) is 35.6. The summed E-state index contributed by atoms with van der Waals surface area (Å²) >= 11 is 0. The molecule has 0 bridgehead atoms. The van der Waals surface area contributed by atoms with Crippen molar-refractivity contribution in [3.63, 3.8) is 0 Å². The predicted octanol–water partition coefficient (Wildman–Crippen LogP) is 8.50. The molecule has 4 aliphatic carbocycles. The first-order valence-electron chi connectivity index (χ1n) is 16.2. The lowest BCUT2D eigenvalue weighted by Gasteiger charge is -2.59. The molecule has 0 aromatic carbocycles. The van der Waals surface area contributed by atoms with Gasteiger partial charge >= 0.3 is 5.97 Å². The summed E-state index contributed by atoms with van der Waals surface area (Å²) in [5.74, 6) is -0.264. The number of hydrogen-bond donors (Lipinski definition) is 0. The maximum absolute atomic E-state index is 12.9. The second kappa shape index (κ2) is 15.0. The molecule has 4 unspecified atom stereocenters. The highest BCUT2D eigenvalue weighted by atomic mass is 16.6. The van der Waals surface area contributed by atoms with Crippen molar-refractivity contribution in [3.05, 3.63) is 174 Å². The molecule has 0 aromatic rings. The van der Waals surface area contributed by atoms with E-state index < -0.39 is 11.0 Å². The van der Waals surface area contributed by atoms with Gasteiger partial charge < -0.3 is 4.74 Å². The molecule has 0 radical (unpaired) electrons. The minimum Gasteiger partial charge on any atom is -0.458 e. The smallest absolute Gasteiger partial charge is 0.306 e. The number of allylic oxidation sites excluding steroid dienone is 3. The van der Waals surface area contributed by atoms with Crippen LogP contribution < -0.4 is 0 Å². The average Bonchev–Trinajstić information content (AvgIpc) is 3.60. The van der Waals surface area contributed by atoms with Crippen molar-refractivity contribution in [2.75, 3.05) is 0 Å². The number of ether oxygens (including phenoxy) is 1. The number of rotatable bonds is 0. The Morgan fingerprint density at radius 3 is 1.86 bits per heavy atom. The van der Waals surface area contributed by atoms with Crippen molar-refractivity contribution in [1.29, 1.82) is 0 Å². The fourth-order valence-corrected chi connectivity index (χ4v) is 8.51.